The predicted octanol–water partition coefficient (Wildman–Crippen LogP) is 2.24. The maximum atomic E-state index is 13.7. The molecule has 3 aromatic rings. The Bertz CT molecular complexity index is 792. The average Bonchev–Trinajstić information content (AvgIpc) is 2.87. The number of aliphatic hydroxyl groups is 1. The summed E-state index contributed by atoms with van der Waals surface area (Å²) >= 11 is 0. The number of pyridine rings is 1. The zero-order valence-corrected chi connectivity index (χ0v) is 11.8. The highest BCUT2D eigenvalue weighted by Gasteiger charge is 2.20. The van der Waals surface area contributed by atoms with E-state index in [1.54, 1.807) is 37.0 Å². The fourth-order valence-electron chi connectivity index (χ4n) is 2.18. The van der Waals surface area contributed by atoms with Crippen molar-refractivity contribution in [2.45, 2.75) is 26.0 Å². The van der Waals surface area contributed by atoms with E-state index in [4.69, 9.17) is 0 Å². The lowest BCUT2D eigenvalue weighted by Gasteiger charge is -2.11. The van der Waals surface area contributed by atoms with Gasteiger partial charge >= 0.3 is 0 Å². The first-order valence-corrected chi connectivity index (χ1v) is 6.59. The van der Waals surface area contributed by atoms with Gasteiger partial charge in [-0.05, 0) is 32.0 Å². The van der Waals surface area contributed by atoms with Gasteiger partial charge in [0, 0.05) is 17.1 Å². The number of aromatic nitrogens is 4. The lowest BCUT2D eigenvalue weighted by molar-refractivity contribution is 0.0737. The molecule has 0 amide bonds. The van der Waals surface area contributed by atoms with E-state index in [1.807, 2.05) is 6.07 Å². The Kier molecular flexibility index (Phi) is 3.17. The van der Waals surface area contributed by atoms with Crippen molar-refractivity contribution < 1.29 is 9.50 Å². The lowest BCUT2D eigenvalue weighted by atomic mass is 10.1. The molecule has 108 valence electrons. The van der Waals surface area contributed by atoms with E-state index >= 15 is 0 Å². The van der Waals surface area contributed by atoms with Gasteiger partial charge in [-0.25, -0.2) is 9.07 Å². The summed E-state index contributed by atoms with van der Waals surface area (Å²) in [5.41, 5.74) is 0.869. The van der Waals surface area contributed by atoms with E-state index in [1.165, 1.54) is 12.1 Å². The second-order valence-electron chi connectivity index (χ2n) is 5.50. The van der Waals surface area contributed by atoms with Crippen molar-refractivity contribution in [1.29, 1.82) is 0 Å². The topological polar surface area (TPSA) is 63.8 Å². The summed E-state index contributed by atoms with van der Waals surface area (Å²) in [7, 11) is 0. The largest absolute Gasteiger partial charge is 0.384 e. The SMILES string of the molecule is CC(C)(O)c1cn(Cc2cc(F)cc3cccnc23)nn1. The molecule has 0 saturated carbocycles. The molecule has 5 nitrogen and oxygen atoms in total. The summed E-state index contributed by atoms with van der Waals surface area (Å²) in [4.78, 5) is 4.30. The van der Waals surface area contributed by atoms with E-state index in [0.29, 0.717) is 12.2 Å². The number of fused-ring (bicyclic) bond motifs is 1. The maximum absolute atomic E-state index is 13.7. The summed E-state index contributed by atoms with van der Waals surface area (Å²) in [5, 5.41) is 18.5. The van der Waals surface area contributed by atoms with Crippen molar-refractivity contribution in [3.63, 3.8) is 0 Å². The molecular weight excluding hydrogens is 271 g/mol. The van der Waals surface area contributed by atoms with Crippen LogP contribution in [0, 0.1) is 5.82 Å². The average molecular weight is 286 g/mol. The molecule has 0 bridgehead atoms. The second-order valence-corrected chi connectivity index (χ2v) is 5.50. The molecule has 0 aliphatic carbocycles. The molecule has 1 aromatic carbocycles. The van der Waals surface area contributed by atoms with Crippen LogP contribution in [0.5, 0.6) is 0 Å². The van der Waals surface area contributed by atoms with Gasteiger partial charge in [-0.1, -0.05) is 11.3 Å². The summed E-state index contributed by atoms with van der Waals surface area (Å²) in [5.74, 6) is -0.312. The molecule has 0 atom stereocenters. The van der Waals surface area contributed by atoms with Gasteiger partial charge in [-0.15, -0.1) is 5.10 Å². The number of benzene rings is 1. The summed E-state index contributed by atoms with van der Waals surface area (Å²) in [6.45, 7) is 3.62. The molecule has 0 radical (unpaired) electrons. The summed E-state index contributed by atoms with van der Waals surface area (Å²) in [6, 6.07) is 6.49. The van der Waals surface area contributed by atoms with Crippen LogP contribution in [0.25, 0.3) is 10.9 Å². The molecule has 3 rings (SSSR count). The van der Waals surface area contributed by atoms with E-state index in [-0.39, 0.29) is 5.82 Å². The van der Waals surface area contributed by atoms with Crippen molar-refractivity contribution in [2.24, 2.45) is 0 Å². The Morgan fingerprint density at radius 1 is 1.33 bits per heavy atom. The van der Waals surface area contributed by atoms with Crippen LogP contribution in [0.4, 0.5) is 4.39 Å². The van der Waals surface area contributed by atoms with Gasteiger partial charge in [0.05, 0.1) is 18.3 Å². The monoisotopic (exact) mass is 286 g/mol. The Morgan fingerprint density at radius 2 is 2.14 bits per heavy atom. The molecule has 21 heavy (non-hydrogen) atoms. The first-order chi connectivity index (χ1) is 9.93. The van der Waals surface area contributed by atoms with Gasteiger partial charge in [0.25, 0.3) is 0 Å². The fourth-order valence-corrected chi connectivity index (χ4v) is 2.18. The Morgan fingerprint density at radius 3 is 2.86 bits per heavy atom. The van der Waals surface area contributed by atoms with E-state index < -0.39 is 5.60 Å². The van der Waals surface area contributed by atoms with Crippen molar-refractivity contribution in [1.82, 2.24) is 20.0 Å². The third-order valence-corrected chi connectivity index (χ3v) is 3.25. The van der Waals surface area contributed by atoms with Gasteiger partial charge < -0.3 is 5.11 Å². The zero-order valence-electron chi connectivity index (χ0n) is 11.8. The zero-order chi connectivity index (χ0) is 15.0. The summed E-state index contributed by atoms with van der Waals surface area (Å²) < 4.78 is 15.2. The number of halogens is 1. The minimum Gasteiger partial charge on any atom is -0.384 e. The molecule has 1 N–H and O–H groups in total. The standard InChI is InChI=1S/C15H15FN4O/c1-15(2,21)13-9-20(19-18-13)8-11-7-12(16)6-10-4-3-5-17-14(10)11/h3-7,9,21H,8H2,1-2H3. The highest BCUT2D eigenvalue weighted by Crippen LogP contribution is 2.20. The van der Waals surface area contributed by atoms with Gasteiger partial charge in [-0.2, -0.15) is 0 Å². The third-order valence-electron chi connectivity index (χ3n) is 3.25. The van der Waals surface area contributed by atoms with Crippen LogP contribution in [-0.2, 0) is 12.1 Å². The van der Waals surface area contributed by atoms with Crippen LogP contribution in [0.1, 0.15) is 25.1 Å². The fraction of sp³-hybridized carbons (Fsp3) is 0.267. The third kappa shape index (κ3) is 2.75. The van der Waals surface area contributed by atoms with Gasteiger partial charge in [0.1, 0.15) is 17.1 Å². The molecule has 0 spiro atoms. The first-order valence-electron chi connectivity index (χ1n) is 6.59. The number of hydrogen-bond donors (Lipinski definition) is 1. The van der Waals surface area contributed by atoms with Crippen LogP contribution in [0.15, 0.2) is 36.7 Å². The molecule has 6 heteroatoms. The van der Waals surface area contributed by atoms with E-state index in [2.05, 4.69) is 15.3 Å². The quantitative estimate of drug-likeness (QED) is 0.802. The smallest absolute Gasteiger partial charge is 0.124 e. The highest BCUT2D eigenvalue weighted by atomic mass is 19.1. The molecule has 2 heterocycles. The van der Waals surface area contributed by atoms with Gasteiger partial charge in [-0.3, -0.25) is 4.98 Å². The van der Waals surface area contributed by atoms with Crippen molar-refractivity contribution in [2.75, 3.05) is 0 Å². The first kappa shape index (κ1) is 13.6. The van der Waals surface area contributed by atoms with Crippen molar-refractivity contribution in [3.05, 3.63) is 53.7 Å². The Balaban J connectivity index is 2.00. The van der Waals surface area contributed by atoms with Crippen LogP contribution in [0.3, 0.4) is 0 Å². The summed E-state index contributed by atoms with van der Waals surface area (Å²) in [6.07, 6.45) is 3.33. The van der Waals surface area contributed by atoms with E-state index in [0.717, 1.165) is 16.5 Å². The lowest BCUT2D eigenvalue weighted by Crippen LogP contribution is -2.15. The minimum absolute atomic E-state index is 0.312. The number of nitrogens with zero attached hydrogens (tertiary/aromatic N) is 4. The van der Waals surface area contributed by atoms with E-state index in [9.17, 15) is 9.50 Å². The predicted molar refractivity (Wildman–Crippen MR) is 76.1 cm³/mol. The van der Waals surface area contributed by atoms with Crippen LogP contribution in [0.2, 0.25) is 0 Å². The molecule has 0 aliphatic heterocycles. The number of rotatable bonds is 3. The highest BCUT2D eigenvalue weighted by molar-refractivity contribution is 5.81. The van der Waals surface area contributed by atoms with Crippen molar-refractivity contribution in [3.8, 4) is 0 Å². The molecule has 0 fully saturated rings. The minimum atomic E-state index is -1.06. The van der Waals surface area contributed by atoms with Crippen LogP contribution in [-0.4, -0.2) is 25.1 Å². The molecule has 0 aliphatic rings. The van der Waals surface area contributed by atoms with Crippen LogP contribution < -0.4 is 0 Å². The maximum Gasteiger partial charge on any atom is 0.124 e. The molecule has 0 unspecified atom stereocenters. The van der Waals surface area contributed by atoms with Crippen LogP contribution >= 0.6 is 0 Å². The van der Waals surface area contributed by atoms with Gasteiger partial charge in [0.2, 0.25) is 0 Å². The Hall–Kier alpha value is -2.34. The normalized spacial score (nSPS) is 12.0. The second kappa shape index (κ2) is 4.89. The molecular formula is C15H15FN4O. The van der Waals surface area contributed by atoms with Gasteiger partial charge in [0.15, 0.2) is 0 Å². The van der Waals surface area contributed by atoms with Crippen molar-refractivity contribution >= 4 is 10.9 Å². The molecule has 2 aromatic heterocycles. The molecule has 0 saturated heterocycles. The number of hydrogen-bond acceptors (Lipinski definition) is 4. The Labute approximate surface area is 121 Å².